The minimum absolute atomic E-state index is 0.155. The van der Waals surface area contributed by atoms with Crippen LogP contribution in [0.4, 0.5) is 0 Å². The Morgan fingerprint density at radius 1 is 1.05 bits per heavy atom. The third-order valence-electron chi connectivity index (χ3n) is 2.63. The molecule has 0 atom stereocenters. The van der Waals surface area contributed by atoms with Crippen LogP contribution in [0, 0.1) is 16.9 Å². The van der Waals surface area contributed by atoms with Crippen molar-refractivity contribution in [1.82, 2.24) is 4.57 Å². The molecule has 0 bridgehead atoms. The van der Waals surface area contributed by atoms with E-state index in [1.54, 1.807) is 19.4 Å². The first-order valence-corrected chi connectivity index (χ1v) is 10.2. The fourth-order valence-corrected chi connectivity index (χ4v) is 1.67. The Morgan fingerprint density at radius 3 is 1.71 bits per heavy atom. The first-order valence-electron chi connectivity index (χ1n) is 7.23. The predicted octanol–water partition coefficient (Wildman–Crippen LogP) is 4.42. The second-order valence-electron chi connectivity index (χ2n) is 8.33. The van der Waals surface area contributed by atoms with Gasteiger partial charge in [-0.1, -0.05) is 0 Å². The van der Waals surface area contributed by atoms with Gasteiger partial charge < -0.3 is 0 Å². The molecule has 0 aliphatic rings. The van der Waals surface area contributed by atoms with Gasteiger partial charge >= 0.3 is 154 Å². The summed E-state index contributed by atoms with van der Waals surface area (Å²) in [6.45, 7) is 19.9. The molecule has 0 aliphatic carbocycles. The van der Waals surface area contributed by atoms with E-state index in [1.165, 1.54) is 28.8 Å². The molecular formula is C18H29NW2-2. The van der Waals surface area contributed by atoms with Crippen LogP contribution in [0.2, 0.25) is 0 Å². The summed E-state index contributed by atoms with van der Waals surface area (Å²) in [7, 11) is 0. The van der Waals surface area contributed by atoms with Crippen molar-refractivity contribution >= 4 is 8.30 Å². The van der Waals surface area contributed by atoms with Gasteiger partial charge in [0.05, 0.1) is 0 Å². The number of nitrogens with zero attached hydrogens (tertiary/aromatic N) is 1. The number of hydrogen-bond donors (Lipinski definition) is 0. The van der Waals surface area contributed by atoms with Crippen molar-refractivity contribution < 1.29 is 38.7 Å². The van der Waals surface area contributed by atoms with Gasteiger partial charge in [0.15, 0.2) is 0 Å². The van der Waals surface area contributed by atoms with E-state index in [0.29, 0.717) is 5.41 Å². The molecule has 0 aromatic carbocycles. The minimum atomic E-state index is 0.155. The van der Waals surface area contributed by atoms with Crippen LogP contribution in [0.3, 0.4) is 0 Å². The van der Waals surface area contributed by atoms with E-state index in [4.69, 9.17) is 0 Å². The predicted molar refractivity (Wildman–Crippen MR) is 86.3 cm³/mol. The SMILES string of the molecule is CC(C)(C)[C-]=[W].CC(C)(C)[C](=[W])c1[c-]cn(C(C)(C)C)c1. The van der Waals surface area contributed by atoms with Gasteiger partial charge in [-0.15, -0.1) is 0 Å². The molecule has 0 fully saturated rings. The summed E-state index contributed by atoms with van der Waals surface area (Å²) in [6, 6.07) is 3.37. The van der Waals surface area contributed by atoms with Crippen LogP contribution < -0.4 is 0 Å². The molecule has 0 radical (unpaired) electrons. The van der Waals surface area contributed by atoms with E-state index in [0.717, 1.165) is 0 Å². The van der Waals surface area contributed by atoms with Gasteiger partial charge in [0.25, 0.3) is 0 Å². The molecule has 1 aromatic rings. The summed E-state index contributed by atoms with van der Waals surface area (Å²) in [6.07, 6.45) is 4.28. The molecular weight excluding hydrogens is 598 g/mol. The van der Waals surface area contributed by atoms with E-state index < -0.39 is 0 Å². The van der Waals surface area contributed by atoms with Gasteiger partial charge in [-0.25, -0.2) is 0 Å². The molecule has 1 heterocycles. The fourth-order valence-electron chi connectivity index (χ4n) is 1.27. The third-order valence-corrected chi connectivity index (χ3v) is 7.82. The molecule has 1 aromatic heterocycles. The van der Waals surface area contributed by atoms with Gasteiger partial charge in [-0.3, -0.25) is 0 Å². The summed E-state index contributed by atoms with van der Waals surface area (Å²) < 4.78 is 6.90. The van der Waals surface area contributed by atoms with Crippen LogP contribution in [0.1, 0.15) is 67.9 Å². The van der Waals surface area contributed by atoms with Crippen molar-refractivity contribution in [3.8, 4) is 0 Å². The van der Waals surface area contributed by atoms with Crippen LogP contribution in [-0.2, 0) is 44.2 Å². The van der Waals surface area contributed by atoms with E-state index in [1.807, 2.05) is 0 Å². The van der Waals surface area contributed by atoms with Crippen molar-refractivity contribution in [3.05, 3.63) is 24.0 Å². The normalized spacial score (nSPS) is 12.4. The van der Waals surface area contributed by atoms with Crippen molar-refractivity contribution in [2.24, 2.45) is 10.8 Å². The second kappa shape index (κ2) is 7.78. The summed E-state index contributed by atoms with van der Waals surface area (Å²) in [4.78, 5) is 0. The molecule has 0 spiro atoms. The van der Waals surface area contributed by atoms with Crippen molar-refractivity contribution in [2.75, 3.05) is 0 Å². The third kappa shape index (κ3) is 8.56. The van der Waals surface area contributed by atoms with Gasteiger partial charge in [-0.2, -0.15) is 0 Å². The Kier molecular flexibility index (Phi) is 7.93. The Hall–Kier alpha value is 0.397. The van der Waals surface area contributed by atoms with Gasteiger partial charge in [-0.05, 0) is 0 Å². The first kappa shape index (κ1) is 21.4. The zero-order valence-corrected chi connectivity index (χ0v) is 20.8. The average molecular weight is 627 g/mol. The van der Waals surface area contributed by atoms with Crippen LogP contribution in [-0.4, -0.2) is 12.9 Å². The zero-order valence-electron chi connectivity index (χ0n) is 14.9. The second-order valence-corrected chi connectivity index (χ2v) is 10.5. The van der Waals surface area contributed by atoms with Gasteiger partial charge in [0.1, 0.15) is 0 Å². The molecule has 0 aliphatic heterocycles. The Morgan fingerprint density at radius 2 is 1.48 bits per heavy atom. The maximum atomic E-state index is 3.37. The number of aromatic nitrogens is 1. The summed E-state index contributed by atoms with van der Waals surface area (Å²) in [5.41, 5.74) is 2.01. The van der Waals surface area contributed by atoms with Crippen LogP contribution >= 0.6 is 0 Å². The summed E-state index contributed by atoms with van der Waals surface area (Å²) in [5, 5.41) is 0. The monoisotopic (exact) mass is 627 g/mol. The molecule has 0 N–H and O–H groups in total. The summed E-state index contributed by atoms with van der Waals surface area (Å²) >= 11 is 2.98. The van der Waals surface area contributed by atoms with Crippen LogP contribution in [0.25, 0.3) is 0 Å². The number of rotatable bonds is 1. The van der Waals surface area contributed by atoms with Gasteiger partial charge in [0, 0.05) is 0 Å². The van der Waals surface area contributed by atoms with Crippen LogP contribution in [0.15, 0.2) is 12.4 Å². The molecule has 3 heteroatoms. The fraction of sp³-hybridized carbons (Fsp3) is 0.667. The van der Waals surface area contributed by atoms with E-state index in [9.17, 15) is 0 Å². The topological polar surface area (TPSA) is 4.93 Å². The number of hydrogen-bond acceptors (Lipinski definition) is 0. The van der Waals surface area contributed by atoms with Gasteiger partial charge in [0.2, 0.25) is 0 Å². The molecule has 120 valence electrons. The molecule has 21 heavy (non-hydrogen) atoms. The van der Waals surface area contributed by atoms with E-state index in [-0.39, 0.29) is 11.0 Å². The summed E-state index contributed by atoms with van der Waals surface area (Å²) in [5.74, 6) is 0. The molecule has 1 nitrogen and oxygen atoms in total. The Labute approximate surface area is 153 Å². The Balaban J connectivity index is 0.000000567. The molecule has 0 unspecified atom stereocenters. The molecule has 1 rings (SSSR count). The quantitative estimate of drug-likeness (QED) is 0.407. The zero-order chi connectivity index (χ0) is 17.1. The van der Waals surface area contributed by atoms with Crippen molar-refractivity contribution in [3.63, 3.8) is 0 Å². The standard InChI is InChI=1S/C13H20N.C5H9.2W/c1-12(2,3)9-11-7-8-14(10-11)13(4,5)6;1-5(2,3)4;;/h8,10H,1-6H3;1-3H3;;/q2*-1;;. The van der Waals surface area contributed by atoms with Crippen molar-refractivity contribution in [2.45, 2.75) is 67.9 Å². The molecule has 0 saturated heterocycles. The van der Waals surface area contributed by atoms with Crippen LogP contribution in [0.5, 0.6) is 0 Å². The van der Waals surface area contributed by atoms with Crippen molar-refractivity contribution in [1.29, 1.82) is 0 Å². The molecule has 0 amide bonds. The molecule has 0 saturated carbocycles. The average Bonchev–Trinajstić information content (AvgIpc) is 2.75. The maximum absolute atomic E-state index is 3.37. The Bertz CT molecular complexity index is 477. The van der Waals surface area contributed by atoms with E-state index in [2.05, 4.69) is 89.7 Å². The van der Waals surface area contributed by atoms with E-state index >= 15 is 0 Å². The first-order chi connectivity index (χ1) is 9.18.